The molecule has 0 bridgehead atoms. The fourth-order valence-electron chi connectivity index (χ4n) is 2.90. The predicted octanol–water partition coefficient (Wildman–Crippen LogP) is 1.44. The summed E-state index contributed by atoms with van der Waals surface area (Å²) in [7, 11) is -3.36. The van der Waals surface area contributed by atoms with E-state index in [2.05, 4.69) is 6.07 Å². The Labute approximate surface area is 125 Å². The van der Waals surface area contributed by atoms with Crippen LogP contribution in [-0.4, -0.2) is 42.6 Å². The normalized spacial score (nSPS) is 24.2. The molecular weight excluding hydrogens is 292 g/mol. The molecule has 1 N–H and O–H groups in total. The van der Waals surface area contributed by atoms with E-state index >= 15 is 0 Å². The van der Waals surface area contributed by atoms with Gasteiger partial charge in [-0.25, -0.2) is 12.7 Å². The Morgan fingerprint density at radius 1 is 1.43 bits per heavy atom. The summed E-state index contributed by atoms with van der Waals surface area (Å²) >= 11 is 0. The summed E-state index contributed by atoms with van der Waals surface area (Å²) in [4.78, 5) is 10.9. The molecule has 118 valence electrons. The second-order valence-electron chi connectivity index (χ2n) is 6.47. The first-order valence-electron chi connectivity index (χ1n) is 7.40. The van der Waals surface area contributed by atoms with Crippen molar-refractivity contribution in [3.05, 3.63) is 0 Å². The van der Waals surface area contributed by atoms with Gasteiger partial charge in [0.2, 0.25) is 10.0 Å². The molecule has 1 aliphatic carbocycles. The highest BCUT2D eigenvalue weighted by Crippen LogP contribution is 2.46. The van der Waals surface area contributed by atoms with E-state index in [1.54, 1.807) is 6.92 Å². The van der Waals surface area contributed by atoms with Crippen molar-refractivity contribution in [1.82, 2.24) is 4.31 Å². The van der Waals surface area contributed by atoms with Gasteiger partial charge in [0.25, 0.3) is 0 Å². The van der Waals surface area contributed by atoms with Gasteiger partial charge in [0.1, 0.15) is 0 Å². The maximum atomic E-state index is 12.3. The van der Waals surface area contributed by atoms with Crippen LogP contribution in [0.2, 0.25) is 0 Å². The van der Waals surface area contributed by atoms with Gasteiger partial charge in [-0.2, -0.15) is 5.26 Å². The van der Waals surface area contributed by atoms with Crippen LogP contribution in [0.15, 0.2) is 0 Å². The number of nitrogens with zero attached hydrogens (tertiary/aromatic N) is 2. The van der Waals surface area contributed by atoms with E-state index < -0.39 is 21.4 Å². The number of sulfonamides is 1. The largest absolute Gasteiger partial charge is 0.481 e. The van der Waals surface area contributed by atoms with Crippen molar-refractivity contribution in [3.63, 3.8) is 0 Å². The number of hydrogen-bond donors (Lipinski definition) is 1. The van der Waals surface area contributed by atoms with E-state index in [1.807, 2.05) is 0 Å². The van der Waals surface area contributed by atoms with Gasteiger partial charge < -0.3 is 5.11 Å². The van der Waals surface area contributed by atoms with Gasteiger partial charge in [-0.1, -0.05) is 6.92 Å². The number of piperidine rings is 1. The summed E-state index contributed by atoms with van der Waals surface area (Å²) in [6, 6.07) is 2.12. The molecule has 21 heavy (non-hydrogen) atoms. The Balaban J connectivity index is 1.86. The van der Waals surface area contributed by atoms with Crippen LogP contribution in [0, 0.1) is 28.6 Å². The molecule has 6 nitrogen and oxygen atoms in total. The van der Waals surface area contributed by atoms with Gasteiger partial charge >= 0.3 is 5.97 Å². The smallest absolute Gasteiger partial charge is 0.306 e. The van der Waals surface area contributed by atoms with Crippen LogP contribution in [-0.2, 0) is 14.8 Å². The summed E-state index contributed by atoms with van der Waals surface area (Å²) in [6.45, 7) is 2.58. The number of aliphatic carboxylic acids is 1. The van der Waals surface area contributed by atoms with Crippen LogP contribution >= 0.6 is 0 Å². The molecule has 2 aliphatic rings. The zero-order valence-corrected chi connectivity index (χ0v) is 13.1. The Hall–Kier alpha value is -1.13. The quantitative estimate of drug-likeness (QED) is 0.800. The number of nitriles is 1. The summed E-state index contributed by atoms with van der Waals surface area (Å²) in [5, 5.41) is 17.9. The highest BCUT2D eigenvalue weighted by Gasteiger charge is 2.48. The average molecular weight is 314 g/mol. The predicted molar refractivity (Wildman–Crippen MR) is 76.8 cm³/mol. The summed E-state index contributed by atoms with van der Waals surface area (Å²) in [5.74, 6) is -0.971. The molecule has 0 spiro atoms. The van der Waals surface area contributed by atoms with Gasteiger partial charge in [0.15, 0.2) is 0 Å². The summed E-state index contributed by atoms with van der Waals surface area (Å²) in [5.41, 5.74) is -0.645. The second kappa shape index (κ2) is 5.93. The molecule has 0 aromatic rings. The van der Waals surface area contributed by atoms with Crippen molar-refractivity contribution in [2.75, 3.05) is 18.8 Å². The molecule has 0 aromatic carbocycles. The lowest BCUT2D eigenvalue weighted by atomic mass is 9.89. The fourth-order valence-corrected chi connectivity index (χ4v) is 4.90. The molecule has 2 rings (SSSR count). The van der Waals surface area contributed by atoms with E-state index in [1.165, 1.54) is 4.31 Å². The maximum Gasteiger partial charge on any atom is 0.306 e. The molecule has 1 aliphatic heterocycles. The number of carboxylic acids is 1. The first-order chi connectivity index (χ1) is 9.78. The van der Waals surface area contributed by atoms with Crippen molar-refractivity contribution in [1.29, 1.82) is 5.26 Å². The van der Waals surface area contributed by atoms with Crippen LogP contribution < -0.4 is 0 Å². The third-order valence-corrected chi connectivity index (χ3v) is 6.69. The first kappa shape index (κ1) is 16.2. The lowest BCUT2D eigenvalue weighted by molar-refractivity contribution is -0.141. The number of carboxylic acid groups (broad SMARTS) is 1. The van der Waals surface area contributed by atoms with Crippen molar-refractivity contribution in [2.45, 2.75) is 39.0 Å². The Morgan fingerprint density at radius 3 is 2.43 bits per heavy atom. The van der Waals surface area contributed by atoms with Crippen LogP contribution in [0.4, 0.5) is 0 Å². The SMILES string of the molecule is CC(CC1CCN(S(=O)(=O)CC2(C#N)CC2)CC1)C(=O)O. The van der Waals surface area contributed by atoms with Gasteiger partial charge in [0.05, 0.1) is 23.2 Å². The van der Waals surface area contributed by atoms with E-state index in [-0.39, 0.29) is 17.6 Å². The standard InChI is InChI=1S/C14H22N2O4S/c1-11(13(17)18)8-12-2-6-16(7-3-12)21(19,20)10-14(9-15)4-5-14/h11-12H,2-8,10H2,1H3,(H,17,18). The highest BCUT2D eigenvalue weighted by molar-refractivity contribution is 7.89. The Morgan fingerprint density at radius 2 is 2.00 bits per heavy atom. The van der Waals surface area contributed by atoms with Crippen molar-refractivity contribution < 1.29 is 18.3 Å². The molecule has 0 radical (unpaired) electrons. The molecule has 7 heteroatoms. The monoisotopic (exact) mass is 314 g/mol. The minimum Gasteiger partial charge on any atom is -0.481 e. The highest BCUT2D eigenvalue weighted by atomic mass is 32.2. The molecular formula is C14H22N2O4S. The molecule has 1 saturated carbocycles. The fraction of sp³-hybridized carbons (Fsp3) is 0.857. The molecule has 0 amide bonds. The van der Waals surface area contributed by atoms with Gasteiger partial charge in [0, 0.05) is 13.1 Å². The van der Waals surface area contributed by atoms with Gasteiger partial charge in [-0.15, -0.1) is 0 Å². The first-order valence-corrected chi connectivity index (χ1v) is 9.01. The Kier molecular flexibility index (Phi) is 4.59. The minimum absolute atomic E-state index is 0.0628. The van der Waals surface area contributed by atoms with Crippen LogP contribution in [0.1, 0.15) is 39.0 Å². The Bertz CT molecular complexity index is 540. The molecule has 1 saturated heterocycles. The molecule has 1 unspecified atom stereocenters. The van der Waals surface area contributed by atoms with Crippen molar-refractivity contribution >= 4 is 16.0 Å². The lowest BCUT2D eigenvalue weighted by Gasteiger charge is -2.32. The molecule has 1 heterocycles. The number of carbonyl (C=O) groups is 1. The van der Waals surface area contributed by atoms with Crippen molar-refractivity contribution in [3.8, 4) is 6.07 Å². The van der Waals surface area contributed by atoms with E-state index in [4.69, 9.17) is 10.4 Å². The van der Waals surface area contributed by atoms with Gasteiger partial charge in [-0.05, 0) is 38.0 Å². The average Bonchev–Trinajstić information content (AvgIpc) is 3.19. The lowest BCUT2D eigenvalue weighted by Crippen LogP contribution is -2.41. The zero-order valence-electron chi connectivity index (χ0n) is 12.3. The van der Waals surface area contributed by atoms with E-state index in [9.17, 15) is 13.2 Å². The van der Waals surface area contributed by atoms with E-state index in [0.717, 1.165) is 0 Å². The zero-order chi connectivity index (χ0) is 15.7. The van der Waals surface area contributed by atoms with Crippen LogP contribution in [0.3, 0.4) is 0 Å². The second-order valence-corrected chi connectivity index (χ2v) is 8.43. The molecule has 0 aromatic heterocycles. The maximum absolute atomic E-state index is 12.3. The van der Waals surface area contributed by atoms with Gasteiger partial charge in [-0.3, -0.25) is 4.79 Å². The summed E-state index contributed by atoms with van der Waals surface area (Å²) < 4.78 is 26.1. The third kappa shape index (κ3) is 3.95. The van der Waals surface area contributed by atoms with Crippen LogP contribution in [0.25, 0.3) is 0 Å². The van der Waals surface area contributed by atoms with E-state index in [0.29, 0.717) is 45.2 Å². The topological polar surface area (TPSA) is 98.5 Å². The third-order valence-electron chi connectivity index (χ3n) is 4.62. The number of hydrogen-bond acceptors (Lipinski definition) is 4. The molecule has 1 atom stereocenters. The minimum atomic E-state index is -3.36. The van der Waals surface area contributed by atoms with Crippen molar-refractivity contribution in [2.24, 2.45) is 17.3 Å². The molecule has 2 fully saturated rings. The van der Waals surface area contributed by atoms with Crippen LogP contribution in [0.5, 0.6) is 0 Å². The number of rotatable bonds is 6. The summed E-state index contributed by atoms with van der Waals surface area (Å²) in [6.07, 6.45) is 3.36.